The Balaban J connectivity index is 0.00000180. The highest BCUT2D eigenvalue weighted by Crippen LogP contribution is 2.47. The fourth-order valence-corrected chi connectivity index (χ4v) is 3.60. The summed E-state index contributed by atoms with van der Waals surface area (Å²) in [6.07, 6.45) is 6.79. The first-order valence-corrected chi connectivity index (χ1v) is 7.54. The van der Waals surface area contributed by atoms with Gasteiger partial charge in [-0.15, -0.1) is 12.4 Å². The van der Waals surface area contributed by atoms with E-state index in [1.165, 1.54) is 6.42 Å². The second-order valence-electron chi connectivity index (χ2n) is 6.59. The molecule has 2 aliphatic rings. The summed E-state index contributed by atoms with van der Waals surface area (Å²) in [5.74, 6) is 1.08. The summed E-state index contributed by atoms with van der Waals surface area (Å²) < 4.78 is 0. The van der Waals surface area contributed by atoms with Gasteiger partial charge in [-0.1, -0.05) is 20.3 Å². The summed E-state index contributed by atoms with van der Waals surface area (Å²) >= 11 is 0. The average molecular weight is 289 g/mol. The van der Waals surface area contributed by atoms with Crippen molar-refractivity contribution in [2.45, 2.75) is 58.4 Å². The van der Waals surface area contributed by atoms with Crippen LogP contribution in [0.15, 0.2) is 0 Å². The minimum atomic E-state index is 0. The molecule has 0 spiro atoms. The van der Waals surface area contributed by atoms with Crippen LogP contribution in [0.4, 0.5) is 0 Å². The molecule has 0 radical (unpaired) electrons. The van der Waals surface area contributed by atoms with E-state index >= 15 is 0 Å². The van der Waals surface area contributed by atoms with E-state index in [0.717, 1.165) is 45.2 Å². The molecule has 2 fully saturated rings. The highest BCUT2D eigenvalue weighted by atomic mass is 35.5. The van der Waals surface area contributed by atoms with Gasteiger partial charge in [-0.2, -0.15) is 0 Å². The smallest absolute Gasteiger partial charge is 0.228 e. The first-order chi connectivity index (χ1) is 8.57. The average Bonchev–Trinajstić information content (AvgIpc) is 2.33. The van der Waals surface area contributed by atoms with Crippen molar-refractivity contribution in [1.82, 2.24) is 10.2 Å². The van der Waals surface area contributed by atoms with Gasteiger partial charge in [0.15, 0.2) is 0 Å². The molecule has 1 saturated carbocycles. The molecular formula is C15H29ClN2O. The van der Waals surface area contributed by atoms with Crippen molar-refractivity contribution < 1.29 is 4.79 Å². The maximum absolute atomic E-state index is 12.7. The molecule has 1 heterocycles. The van der Waals surface area contributed by atoms with Crippen molar-refractivity contribution in [3.8, 4) is 0 Å². The zero-order valence-electron chi connectivity index (χ0n) is 12.6. The van der Waals surface area contributed by atoms with Crippen LogP contribution in [-0.2, 0) is 4.79 Å². The van der Waals surface area contributed by atoms with Gasteiger partial charge in [-0.25, -0.2) is 0 Å². The standard InChI is InChI=1S/C15H28N2O.ClH/c1-12(2)11-15(7-4-8-15)14(18)17-9-5-13(16-3)6-10-17;/h12-13,16H,4-11H2,1-3H3;1H. The van der Waals surface area contributed by atoms with Gasteiger partial charge in [0.1, 0.15) is 0 Å². The molecule has 19 heavy (non-hydrogen) atoms. The van der Waals surface area contributed by atoms with Crippen molar-refractivity contribution in [2.24, 2.45) is 11.3 Å². The monoisotopic (exact) mass is 288 g/mol. The van der Waals surface area contributed by atoms with Crippen LogP contribution in [0.3, 0.4) is 0 Å². The quantitative estimate of drug-likeness (QED) is 0.863. The zero-order valence-corrected chi connectivity index (χ0v) is 13.4. The number of hydrogen-bond donors (Lipinski definition) is 1. The van der Waals surface area contributed by atoms with Gasteiger partial charge < -0.3 is 10.2 Å². The molecule has 1 aliphatic carbocycles. The normalized spacial score (nSPS) is 22.8. The summed E-state index contributed by atoms with van der Waals surface area (Å²) in [6.45, 7) is 6.37. The number of piperidine rings is 1. The summed E-state index contributed by atoms with van der Waals surface area (Å²) in [6, 6.07) is 0.608. The molecule has 0 unspecified atom stereocenters. The van der Waals surface area contributed by atoms with Gasteiger partial charge in [0, 0.05) is 24.5 Å². The molecule has 4 heteroatoms. The number of halogens is 1. The SMILES string of the molecule is CNC1CCN(C(=O)C2(CC(C)C)CCC2)CC1.Cl. The second kappa shape index (κ2) is 6.94. The van der Waals surface area contributed by atoms with Crippen molar-refractivity contribution in [3.63, 3.8) is 0 Å². The molecule has 1 N–H and O–H groups in total. The Hall–Kier alpha value is -0.280. The molecule has 1 amide bonds. The summed E-state index contributed by atoms with van der Waals surface area (Å²) in [4.78, 5) is 14.9. The number of carbonyl (C=O) groups excluding carboxylic acids is 1. The second-order valence-corrected chi connectivity index (χ2v) is 6.59. The Morgan fingerprint density at radius 3 is 2.26 bits per heavy atom. The van der Waals surface area contributed by atoms with E-state index in [0.29, 0.717) is 17.9 Å². The van der Waals surface area contributed by atoms with Crippen molar-refractivity contribution in [3.05, 3.63) is 0 Å². The first kappa shape index (κ1) is 16.8. The van der Waals surface area contributed by atoms with Crippen LogP contribution in [0.25, 0.3) is 0 Å². The van der Waals surface area contributed by atoms with Crippen LogP contribution in [0.1, 0.15) is 52.4 Å². The summed E-state index contributed by atoms with van der Waals surface area (Å²) in [5.41, 5.74) is 0.0145. The zero-order chi connectivity index (χ0) is 13.2. The Morgan fingerprint density at radius 1 is 1.32 bits per heavy atom. The van der Waals surface area contributed by atoms with Crippen LogP contribution in [0.2, 0.25) is 0 Å². The molecule has 3 nitrogen and oxygen atoms in total. The van der Waals surface area contributed by atoms with Gasteiger partial charge in [-0.3, -0.25) is 4.79 Å². The minimum absolute atomic E-state index is 0. The molecule has 0 aromatic rings. The maximum atomic E-state index is 12.7. The minimum Gasteiger partial charge on any atom is -0.342 e. The van der Waals surface area contributed by atoms with Gasteiger partial charge in [0.2, 0.25) is 5.91 Å². The highest BCUT2D eigenvalue weighted by Gasteiger charge is 2.46. The number of hydrogen-bond acceptors (Lipinski definition) is 2. The van der Waals surface area contributed by atoms with E-state index in [1.54, 1.807) is 0 Å². The molecule has 0 aromatic carbocycles. The lowest BCUT2D eigenvalue weighted by atomic mass is 9.63. The van der Waals surface area contributed by atoms with Gasteiger partial charge in [0.05, 0.1) is 0 Å². The summed E-state index contributed by atoms with van der Waals surface area (Å²) in [5, 5.41) is 3.32. The third-order valence-electron chi connectivity index (χ3n) is 4.75. The lowest BCUT2D eigenvalue weighted by molar-refractivity contribution is -0.150. The van der Waals surface area contributed by atoms with Crippen LogP contribution >= 0.6 is 12.4 Å². The summed E-state index contributed by atoms with van der Waals surface area (Å²) in [7, 11) is 2.02. The topological polar surface area (TPSA) is 32.3 Å². The number of nitrogens with one attached hydrogen (secondary N) is 1. The predicted molar refractivity (Wildman–Crippen MR) is 81.6 cm³/mol. The molecule has 1 saturated heterocycles. The highest BCUT2D eigenvalue weighted by molar-refractivity contribution is 5.85. The molecule has 0 bridgehead atoms. The molecule has 2 rings (SSSR count). The third-order valence-corrected chi connectivity index (χ3v) is 4.75. The lowest BCUT2D eigenvalue weighted by Crippen LogP contribution is -2.52. The van der Waals surface area contributed by atoms with E-state index in [-0.39, 0.29) is 17.8 Å². The molecule has 1 aliphatic heterocycles. The van der Waals surface area contributed by atoms with E-state index in [2.05, 4.69) is 24.1 Å². The van der Waals surface area contributed by atoms with Crippen molar-refractivity contribution in [2.75, 3.05) is 20.1 Å². The Kier molecular flexibility index (Phi) is 6.13. The van der Waals surface area contributed by atoms with Crippen molar-refractivity contribution >= 4 is 18.3 Å². The fraction of sp³-hybridized carbons (Fsp3) is 0.933. The number of carbonyl (C=O) groups is 1. The van der Waals surface area contributed by atoms with Gasteiger partial charge >= 0.3 is 0 Å². The molecular weight excluding hydrogens is 260 g/mol. The van der Waals surface area contributed by atoms with Gasteiger partial charge in [-0.05, 0) is 45.1 Å². The molecule has 112 valence electrons. The predicted octanol–water partition coefficient (Wildman–Crippen LogP) is 2.84. The van der Waals surface area contributed by atoms with Crippen molar-refractivity contribution in [1.29, 1.82) is 0 Å². The molecule has 0 aromatic heterocycles. The van der Waals surface area contributed by atoms with Crippen LogP contribution in [-0.4, -0.2) is 37.0 Å². The number of likely N-dealkylation sites (tertiary alicyclic amines) is 1. The number of amides is 1. The largest absolute Gasteiger partial charge is 0.342 e. The third kappa shape index (κ3) is 3.63. The van der Waals surface area contributed by atoms with E-state index in [4.69, 9.17) is 0 Å². The lowest BCUT2D eigenvalue weighted by Gasteiger charge is -2.46. The number of nitrogens with zero attached hydrogens (tertiary/aromatic N) is 1. The van der Waals surface area contributed by atoms with Crippen LogP contribution in [0.5, 0.6) is 0 Å². The van der Waals surface area contributed by atoms with E-state index < -0.39 is 0 Å². The Morgan fingerprint density at radius 2 is 1.89 bits per heavy atom. The Bertz CT molecular complexity index is 295. The van der Waals surface area contributed by atoms with Crippen LogP contribution in [0, 0.1) is 11.3 Å². The van der Waals surface area contributed by atoms with E-state index in [1.807, 2.05) is 7.05 Å². The maximum Gasteiger partial charge on any atom is 0.228 e. The van der Waals surface area contributed by atoms with E-state index in [9.17, 15) is 4.79 Å². The fourth-order valence-electron chi connectivity index (χ4n) is 3.60. The first-order valence-electron chi connectivity index (χ1n) is 7.54. The van der Waals surface area contributed by atoms with Gasteiger partial charge in [0.25, 0.3) is 0 Å². The molecule has 0 atom stereocenters. The Labute approximate surface area is 123 Å². The van der Waals surface area contributed by atoms with Crippen LogP contribution < -0.4 is 5.32 Å². The number of rotatable bonds is 4.